The highest BCUT2D eigenvalue weighted by Gasteiger charge is 2.29. The van der Waals surface area contributed by atoms with Crippen LogP contribution in [0.4, 0.5) is 0 Å². The van der Waals surface area contributed by atoms with Crippen molar-refractivity contribution in [2.24, 2.45) is 0 Å². The van der Waals surface area contributed by atoms with Gasteiger partial charge in [0.15, 0.2) is 0 Å². The van der Waals surface area contributed by atoms with Crippen molar-refractivity contribution in [1.29, 1.82) is 0 Å². The van der Waals surface area contributed by atoms with Gasteiger partial charge >= 0.3 is 0 Å². The van der Waals surface area contributed by atoms with E-state index in [2.05, 4.69) is 29.3 Å². The fraction of sp³-hybridized carbons (Fsp3) is 0.444. The van der Waals surface area contributed by atoms with Crippen molar-refractivity contribution >= 4 is 5.91 Å². The molecule has 2 heterocycles. The third-order valence-electron chi connectivity index (χ3n) is 4.49. The molecule has 0 radical (unpaired) electrons. The smallest absolute Gasteiger partial charge is 0.223 e. The normalized spacial score (nSPS) is 18.4. The second kappa shape index (κ2) is 6.77. The molecule has 1 atom stereocenters. The van der Waals surface area contributed by atoms with Crippen LogP contribution in [0.5, 0.6) is 0 Å². The van der Waals surface area contributed by atoms with Crippen LogP contribution in [0.25, 0.3) is 0 Å². The fourth-order valence-corrected chi connectivity index (χ4v) is 3.26. The largest absolute Gasteiger partial charge is 0.334 e. The Balaban J connectivity index is 1.68. The van der Waals surface area contributed by atoms with E-state index < -0.39 is 0 Å². The maximum Gasteiger partial charge on any atom is 0.223 e. The number of carbonyl (C=O) groups is 1. The van der Waals surface area contributed by atoms with Crippen molar-refractivity contribution in [3.05, 3.63) is 53.3 Å². The van der Waals surface area contributed by atoms with E-state index in [-0.39, 0.29) is 11.9 Å². The first kappa shape index (κ1) is 14.8. The minimum absolute atomic E-state index is 0.166. The van der Waals surface area contributed by atoms with Gasteiger partial charge in [0.1, 0.15) is 0 Å². The Morgan fingerprint density at radius 1 is 1.32 bits per heavy atom. The van der Waals surface area contributed by atoms with Crippen molar-refractivity contribution in [3.8, 4) is 0 Å². The molecule has 1 aromatic heterocycles. The Morgan fingerprint density at radius 2 is 2.14 bits per heavy atom. The SMILES string of the molecule is Cc1cn[nH]c1C1CCCCN1C(=O)CCc1ccccc1. The predicted octanol–water partition coefficient (Wildman–Crippen LogP) is 3.40. The third kappa shape index (κ3) is 3.21. The number of rotatable bonds is 4. The summed E-state index contributed by atoms with van der Waals surface area (Å²) < 4.78 is 0. The molecule has 0 aliphatic carbocycles. The Hall–Kier alpha value is -2.10. The number of carbonyl (C=O) groups excluding carboxylic acids is 1. The lowest BCUT2D eigenvalue weighted by Crippen LogP contribution is -2.39. The summed E-state index contributed by atoms with van der Waals surface area (Å²) in [6.45, 7) is 2.91. The van der Waals surface area contributed by atoms with E-state index >= 15 is 0 Å². The van der Waals surface area contributed by atoms with E-state index in [1.165, 1.54) is 12.0 Å². The van der Waals surface area contributed by atoms with Gasteiger partial charge in [-0.05, 0) is 43.7 Å². The minimum atomic E-state index is 0.166. The zero-order chi connectivity index (χ0) is 15.4. The van der Waals surface area contributed by atoms with E-state index in [0.717, 1.165) is 37.1 Å². The number of piperidine rings is 1. The van der Waals surface area contributed by atoms with Gasteiger partial charge in [-0.2, -0.15) is 5.10 Å². The topological polar surface area (TPSA) is 49.0 Å². The summed E-state index contributed by atoms with van der Waals surface area (Å²) in [4.78, 5) is 14.7. The Labute approximate surface area is 131 Å². The molecule has 1 N–H and O–H groups in total. The average Bonchev–Trinajstić information content (AvgIpc) is 2.99. The molecule has 3 rings (SSSR count). The molecule has 1 fully saturated rings. The molecule has 1 aromatic carbocycles. The summed E-state index contributed by atoms with van der Waals surface area (Å²) in [5.74, 6) is 0.252. The van der Waals surface area contributed by atoms with E-state index in [4.69, 9.17) is 0 Å². The molecule has 1 aliphatic heterocycles. The van der Waals surface area contributed by atoms with Crippen LogP contribution in [-0.2, 0) is 11.2 Å². The van der Waals surface area contributed by atoms with Crippen LogP contribution in [0.1, 0.15) is 48.5 Å². The summed E-state index contributed by atoms with van der Waals surface area (Å²) in [6.07, 6.45) is 6.53. The molecule has 4 nitrogen and oxygen atoms in total. The quantitative estimate of drug-likeness (QED) is 0.940. The number of hydrogen-bond donors (Lipinski definition) is 1. The van der Waals surface area contributed by atoms with Gasteiger partial charge < -0.3 is 4.90 Å². The Kier molecular flexibility index (Phi) is 4.56. The number of aryl methyl sites for hydroxylation is 2. The molecular formula is C18H23N3O. The van der Waals surface area contributed by atoms with Crippen LogP contribution in [0, 0.1) is 6.92 Å². The molecule has 116 valence electrons. The lowest BCUT2D eigenvalue weighted by molar-refractivity contribution is -0.135. The third-order valence-corrected chi connectivity index (χ3v) is 4.49. The monoisotopic (exact) mass is 297 g/mol. The summed E-state index contributed by atoms with van der Waals surface area (Å²) in [5.41, 5.74) is 3.47. The number of hydrogen-bond acceptors (Lipinski definition) is 2. The Morgan fingerprint density at radius 3 is 2.86 bits per heavy atom. The average molecular weight is 297 g/mol. The van der Waals surface area contributed by atoms with Crippen molar-refractivity contribution in [2.45, 2.75) is 45.1 Å². The summed E-state index contributed by atoms with van der Waals surface area (Å²) >= 11 is 0. The number of likely N-dealkylation sites (tertiary alicyclic amines) is 1. The number of aromatic nitrogens is 2. The second-order valence-electron chi connectivity index (χ2n) is 6.05. The van der Waals surface area contributed by atoms with Crippen molar-refractivity contribution in [2.75, 3.05) is 6.54 Å². The number of benzene rings is 1. The van der Waals surface area contributed by atoms with Gasteiger partial charge in [-0.3, -0.25) is 9.89 Å². The zero-order valence-corrected chi connectivity index (χ0v) is 13.1. The maximum atomic E-state index is 12.7. The summed E-state index contributed by atoms with van der Waals surface area (Å²) in [7, 11) is 0. The lowest BCUT2D eigenvalue weighted by atomic mass is 9.96. The first-order valence-electron chi connectivity index (χ1n) is 8.09. The number of nitrogens with one attached hydrogen (secondary N) is 1. The molecule has 2 aromatic rings. The molecule has 1 amide bonds. The molecule has 0 saturated carbocycles. The van der Waals surface area contributed by atoms with E-state index in [0.29, 0.717) is 6.42 Å². The molecular weight excluding hydrogens is 274 g/mol. The van der Waals surface area contributed by atoms with Crippen molar-refractivity contribution < 1.29 is 4.79 Å². The number of aromatic amines is 1. The van der Waals surface area contributed by atoms with Crippen LogP contribution in [0.2, 0.25) is 0 Å². The summed E-state index contributed by atoms with van der Waals surface area (Å²) in [6, 6.07) is 10.4. The van der Waals surface area contributed by atoms with E-state index in [9.17, 15) is 4.79 Å². The molecule has 0 spiro atoms. The molecule has 1 aliphatic rings. The maximum absolute atomic E-state index is 12.7. The molecule has 1 unspecified atom stereocenters. The van der Waals surface area contributed by atoms with E-state index in [1.807, 2.05) is 29.3 Å². The van der Waals surface area contributed by atoms with Gasteiger partial charge in [0.25, 0.3) is 0 Å². The zero-order valence-electron chi connectivity index (χ0n) is 13.1. The predicted molar refractivity (Wildman–Crippen MR) is 86.4 cm³/mol. The fourth-order valence-electron chi connectivity index (χ4n) is 3.26. The van der Waals surface area contributed by atoms with Gasteiger partial charge in [0, 0.05) is 13.0 Å². The highest BCUT2D eigenvalue weighted by Crippen LogP contribution is 2.31. The van der Waals surface area contributed by atoms with Gasteiger partial charge in [-0.25, -0.2) is 0 Å². The molecule has 4 heteroatoms. The van der Waals surface area contributed by atoms with E-state index in [1.54, 1.807) is 0 Å². The van der Waals surface area contributed by atoms with Crippen molar-refractivity contribution in [3.63, 3.8) is 0 Å². The van der Waals surface area contributed by atoms with Crippen LogP contribution in [-0.4, -0.2) is 27.5 Å². The van der Waals surface area contributed by atoms with Gasteiger partial charge in [-0.1, -0.05) is 30.3 Å². The lowest BCUT2D eigenvalue weighted by Gasteiger charge is -2.35. The van der Waals surface area contributed by atoms with Crippen LogP contribution in [0.3, 0.4) is 0 Å². The van der Waals surface area contributed by atoms with Gasteiger partial charge in [-0.15, -0.1) is 0 Å². The van der Waals surface area contributed by atoms with Crippen LogP contribution in [0.15, 0.2) is 36.5 Å². The standard InChI is InChI=1S/C18H23N3O/c1-14-13-19-20-18(14)16-9-5-6-12-21(16)17(22)11-10-15-7-3-2-4-8-15/h2-4,7-8,13,16H,5-6,9-12H2,1H3,(H,19,20). The number of H-pyrrole nitrogens is 1. The molecule has 0 bridgehead atoms. The first-order chi connectivity index (χ1) is 10.8. The Bertz CT molecular complexity index is 620. The van der Waals surface area contributed by atoms with Crippen LogP contribution >= 0.6 is 0 Å². The second-order valence-corrected chi connectivity index (χ2v) is 6.05. The minimum Gasteiger partial charge on any atom is -0.334 e. The highest BCUT2D eigenvalue weighted by molar-refractivity contribution is 5.77. The highest BCUT2D eigenvalue weighted by atomic mass is 16.2. The van der Waals surface area contributed by atoms with Gasteiger partial charge in [0.2, 0.25) is 5.91 Å². The first-order valence-corrected chi connectivity index (χ1v) is 8.09. The van der Waals surface area contributed by atoms with Gasteiger partial charge in [0.05, 0.1) is 17.9 Å². The summed E-state index contributed by atoms with van der Waals surface area (Å²) in [5, 5.41) is 7.21. The number of amides is 1. The van der Waals surface area contributed by atoms with Crippen LogP contribution < -0.4 is 0 Å². The van der Waals surface area contributed by atoms with Crippen molar-refractivity contribution in [1.82, 2.24) is 15.1 Å². The molecule has 22 heavy (non-hydrogen) atoms. The number of nitrogens with zero attached hydrogens (tertiary/aromatic N) is 2. The molecule has 1 saturated heterocycles.